The van der Waals surface area contributed by atoms with Crippen molar-refractivity contribution < 1.29 is 17.9 Å². The minimum atomic E-state index is -4.71. The molecule has 0 aliphatic rings. The molecule has 0 saturated carbocycles. The van der Waals surface area contributed by atoms with Gasteiger partial charge in [0.1, 0.15) is 0 Å². The third-order valence-electron chi connectivity index (χ3n) is 1.60. The summed E-state index contributed by atoms with van der Waals surface area (Å²) in [7, 11) is 0. The maximum Gasteiger partial charge on any atom is 0.574 e. The van der Waals surface area contributed by atoms with Crippen molar-refractivity contribution in [2.75, 3.05) is 0 Å². The van der Waals surface area contributed by atoms with E-state index >= 15 is 0 Å². The molecule has 0 aliphatic heterocycles. The molecule has 0 unspecified atom stereocenters. The highest BCUT2D eigenvalue weighted by molar-refractivity contribution is 9.10. The molecule has 1 aromatic rings. The number of ether oxygens (including phenoxy) is 1. The fraction of sp³-hybridized carbons (Fsp3) is 0.375. The number of hydrogen-bond acceptors (Lipinski definition) is 2. The lowest BCUT2D eigenvalue weighted by atomic mass is 10.2. The molecule has 0 N–H and O–H groups in total. The Kier molecular flexibility index (Phi) is 3.04. The van der Waals surface area contributed by atoms with Gasteiger partial charge in [0.2, 0.25) is 5.88 Å². The van der Waals surface area contributed by atoms with E-state index in [1.807, 2.05) is 0 Å². The predicted octanol–water partition coefficient (Wildman–Crippen LogP) is 3.36. The van der Waals surface area contributed by atoms with E-state index < -0.39 is 12.2 Å². The Labute approximate surface area is 87.2 Å². The average molecular weight is 270 g/mol. The van der Waals surface area contributed by atoms with Crippen LogP contribution < -0.4 is 4.74 Å². The largest absolute Gasteiger partial charge is 0.574 e. The molecule has 0 radical (unpaired) electrons. The van der Waals surface area contributed by atoms with Gasteiger partial charge in [-0.3, -0.25) is 0 Å². The predicted molar refractivity (Wildman–Crippen MR) is 48.1 cm³/mol. The van der Waals surface area contributed by atoms with Gasteiger partial charge in [-0.1, -0.05) is 0 Å². The Hall–Kier alpha value is -0.780. The first-order chi connectivity index (χ1) is 6.29. The van der Waals surface area contributed by atoms with Crippen molar-refractivity contribution in [2.24, 2.45) is 0 Å². The molecule has 78 valence electrons. The summed E-state index contributed by atoms with van der Waals surface area (Å²) in [6.07, 6.45) is -4.71. The Morgan fingerprint density at radius 2 is 1.93 bits per heavy atom. The number of rotatable bonds is 1. The van der Waals surface area contributed by atoms with E-state index in [0.717, 1.165) is 5.56 Å². The summed E-state index contributed by atoms with van der Waals surface area (Å²) in [6, 6.07) is 1.53. The van der Waals surface area contributed by atoms with Crippen LogP contribution in [0.4, 0.5) is 13.2 Å². The van der Waals surface area contributed by atoms with Crippen molar-refractivity contribution in [3.63, 3.8) is 0 Å². The Balaban J connectivity index is 3.04. The van der Waals surface area contributed by atoms with Crippen molar-refractivity contribution in [1.29, 1.82) is 0 Å². The third kappa shape index (κ3) is 2.87. The van der Waals surface area contributed by atoms with E-state index in [0.29, 0.717) is 5.69 Å². The Morgan fingerprint density at radius 3 is 2.43 bits per heavy atom. The molecule has 2 nitrogen and oxygen atoms in total. The van der Waals surface area contributed by atoms with Crippen LogP contribution in [0.15, 0.2) is 10.5 Å². The highest BCUT2D eigenvalue weighted by Crippen LogP contribution is 2.29. The van der Waals surface area contributed by atoms with E-state index in [1.165, 1.54) is 6.07 Å². The minimum absolute atomic E-state index is 0.193. The van der Waals surface area contributed by atoms with Gasteiger partial charge >= 0.3 is 6.36 Å². The lowest BCUT2D eigenvalue weighted by Gasteiger charge is -2.10. The summed E-state index contributed by atoms with van der Waals surface area (Å²) in [4.78, 5) is 3.67. The lowest BCUT2D eigenvalue weighted by molar-refractivity contribution is -0.276. The SMILES string of the molecule is Cc1cc(Br)c(OC(F)(F)F)nc1C. The molecular weight excluding hydrogens is 263 g/mol. The van der Waals surface area contributed by atoms with E-state index in [9.17, 15) is 13.2 Å². The van der Waals surface area contributed by atoms with Gasteiger partial charge in [-0.25, -0.2) is 4.98 Å². The Morgan fingerprint density at radius 1 is 1.36 bits per heavy atom. The monoisotopic (exact) mass is 269 g/mol. The van der Waals surface area contributed by atoms with Gasteiger partial charge in [0.15, 0.2) is 0 Å². The normalized spacial score (nSPS) is 11.6. The van der Waals surface area contributed by atoms with Gasteiger partial charge in [0.05, 0.1) is 4.47 Å². The maximum absolute atomic E-state index is 11.9. The molecule has 0 amide bonds. The number of aromatic nitrogens is 1. The Bertz CT molecular complexity index is 351. The lowest BCUT2D eigenvalue weighted by Crippen LogP contribution is -2.18. The minimum Gasteiger partial charge on any atom is -0.387 e. The molecular formula is C8H7BrF3NO. The van der Waals surface area contributed by atoms with Crippen molar-refractivity contribution >= 4 is 15.9 Å². The molecule has 0 spiro atoms. The first-order valence-corrected chi connectivity index (χ1v) is 4.48. The first kappa shape index (κ1) is 11.3. The third-order valence-corrected chi connectivity index (χ3v) is 2.17. The number of aryl methyl sites for hydroxylation is 2. The quantitative estimate of drug-likeness (QED) is 0.780. The topological polar surface area (TPSA) is 22.1 Å². The molecule has 1 rings (SSSR count). The van der Waals surface area contributed by atoms with Crippen LogP contribution in [0.5, 0.6) is 5.88 Å². The molecule has 0 bridgehead atoms. The number of alkyl halides is 3. The number of nitrogens with zero attached hydrogens (tertiary/aromatic N) is 1. The van der Waals surface area contributed by atoms with Crippen LogP contribution in [0.25, 0.3) is 0 Å². The smallest absolute Gasteiger partial charge is 0.387 e. The van der Waals surface area contributed by atoms with Crippen molar-refractivity contribution in [3.8, 4) is 5.88 Å². The molecule has 0 atom stereocenters. The molecule has 6 heteroatoms. The zero-order chi connectivity index (χ0) is 10.9. The van der Waals surface area contributed by atoms with Gasteiger partial charge in [-0.15, -0.1) is 13.2 Å². The van der Waals surface area contributed by atoms with Crippen LogP contribution in [0, 0.1) is 13.8 Å². The van der Waals surface area contributed by atoms with Crippen LogP contribution in [-0.2, 0) is 0 Å². The van der Waals surface area contributed by atoms with Gasteiger partial charge in [-0.05, 0) is 41.4 Å². The molecule has 1 aromatic heterocycles. The summed E-state index contributed by atoms with van der Waals surface area (Å²) >= 11 is 2.95. The summed E-state index contributed by atoms with van der Waals surface area (Å²) in [5, 5.41) is 0. The van der Waals surface area contributed by atoms with Crippen LogP contribution in [-0.4, -0.2) is 11.3 Å². The fourth-order valence-electron chi connectivity index (χ4n) is 0.831. The van der Waals surface area contributed by atoms with Crippen molar-refractivity contribution in [3.05, 3.63) is 21.8 Å². The second-order valence-corrected chi connectivity index (χ2v) is 3.58. The van der Waals surface area contributed by atoms with Gasteiger partial charge in [0.25, 0.3) is 0 Å². The average Bonchev–Trinajstić information content (AvgIpc) is 1.97. The first-order valence-electron chi connectivity index (χ1n) is 3.69. The molecule has 0 fully saturated rings. The molecule has 0 aliphatic carbocycles. The summed E-state index contributed by atoms with van der Waals surface area (Å²) in [6.45, 7) is 3.37. The standard InChI is InChI=1S/C8H7BrF3NO/c1-4-3-6(9)7(13-5(4)2)14-8(10,11)12/h3H,1-2H3. The van der Waals surface area contributed by atoms with E-state index in [4.69, 9.17) is 0 Å². The van der Waals surface area contributed by atoms with Crippen LogP contribution >= 0.6 is 15.9 Å². The number of hydrogen-bond donors (Lipinski definition) is 0. The van der Waals surface area contributed by atoms with Gasteiger partial charge in [0, 0.05) is 5.69 Å². The van der Waals surface area contributed by atoms with E-state index in [-0.39, 0.29) is 4.47 Å². The van der Waals surface area contributed by atoms with Gasteiger partial charge in [-0.2, -0.15) is 0 Å². The van der Waals surface area contributed by atoms with Crippen molar-refractivity contribution in [1.82, 2.24) is 4.98 Å². The number of pyridine rings is 1. The van der Waals surface area contributed by atoms with Gasteiger partial charge < -0.3 is 4.74 Å². The molecule has 0 aromatic carbocycles. The molecule has 1 heterocycles. The van der Waals surface area contributed by atoms with Crippen LogP contribution in [0.2, 0.25) is 0 Å². The zero-order valence-corrected chi connectivity index (χ0v) is 9.03. The zero-order valence-electron chi connectivity index (χ0n) is 7.44. The number of halogens is 4. The summed E-state index contributed by atoms with van der Waals surface area (Å²) < 4.78 is 39.5. The highest BCUT2D eigenvalue weighted by atomic mass is 79.9. The molecule has 14 heavy (non-hydrogen) atoms. The fourth-order valence-corrected chi connectivity index (χ4v) is 1.34. The van der Waals surface area contributed by atoms with Crippen molar-refractivity contribution in [2.45, 2.75) is 20.2 Å². The van der Waals surface area contributed by atoms with E-state index in [2.05, 4.69) is 25.7 Å². The maximum atomic E-state index is 11.9. The highest BCUT2D eigenvalue weighted by Gasteiger charge is 2.32. The summed E-state index contributed by atoms with van der Waals surface area (Å²) in [5.74, 6) is -0.458. The second kappa shape index (κ2) is 3.76. The van der Waals surface area contributed by atoms with Crippen LogP contribution in [0.3, 0.4) is 0 Å². The second-order valence-electron chi connectivity index (χ2n) is 2.73. The van der Waals surface area contributed by atoms with Crippen LogP contribution in [0.1, 0.15) is 11.3 Å². The van der Waals surface area contributed by atoms with E-state index in [1.54, 1.807) is 13.8 Å². The summed E-state index contributed by atoms with van der Waals surface area (Å²) in [5.41, 5.74) is 1.30. The molecule has 0 saturated heterocycles.